The Bertz CT molecular complexity index is 1280. The van der Waals surface area contributed by atoms with Crippen LogP contribution < -0.4 is 14.4 Å². The van der Waals surface area contributed by atoms with Gasteiger partial charge in [-0.25, -0.2) is 4.39 Å². The number of rotatable bonds is 11. The molecule has 0 spiro atoms. The van der Waals surface area contributed by atoms with Crippen LogP contribution in [0.2, 0.25) is 0 Å². The highest BCUT2D eigenvalue weighted by Crippen LogP contribution is 2.40. The number of hydrogen-bond donors (Lipinski definition) is 1. The molecule has 208 valence electrons. The van der Waals surface area contributed by atoms with E-state index in [0.29, 0.717) is 36.6 Å². The first kappa shape index (κ1) is 27.3. The van der Waals surface area contributed by atoms with Crippen LogP contribution in [0.1, 0.15) is 60.8 Å². The third-order valence-electron chi connectivity index (χ3n) is 8.59. The lowest BCUT2D eigenvalue weighted by molar-refractivity contribution is 0.134. The summed E-state index contributed by atoms with van der Waals surface area (Å²) in [5, 5.41) is 9.89. The fraction of sp³-hybridized carbons (Fsp3) is 0.455. The standard InChI is InChI=1S/C33H41FN2O3/c1-4-36(22-23-8-15-33(31(34)18-23)39-17-16-35(2)27-6-5-7-27)32-21-29(38-3)13-14-30(32)26-10-9-25-20-28(37)12-11-24(25)19-26/h8,11-15,18,20-21,26-27,37H,4-7,9-10,16-17,19,22H2,1-3H3/t26-/m1/s1. The van der Waals surface area contributed by atoms with E-state index in [0.717, 1.165) is 49.4 Å². The van der Waals surface area contributed by atoms with Crippen LogP contribution in [-0.2, 0) is 19.4 Å². The summed E-state index contributed by atoms with van der Waals surface area (Å²) in [5.41, 5.74) is 5.86. The van der Waals surface area contributed by atoms with Gasteiger partial charge in [0, 0.05) is 37.4 Å². The van der Waals surface area contributed by atoms with Crippen molar-refractivity contribution in [1.82, 2.24) is 4.90 Å². The van der Waals surface area contributed by atoms with E-state index in [1.54, 1.807) is 25.3 Å². The molecule has 1 saturated carbocycles. The number of nitrogens with zero attached hydrogens (tertiary/aromatic N) is 2. The predicted octanol–water partition coefficient (Wildman–Crippen LogP) is 6.70. The van der Waals surface area contributed by atoms with Crippen molar-refractivity contribution in [2.24, 2.45) is 0 Å². The Morgan fingerprint density at radius 1 is 1.00 bits per heavy atom. The molecule has 0 unspecified atom stereocenters. The van der Waals surface area contributed by atoms with Gasteiger partial charge >= 0.3 is 0 Å². The smallest absolute Gasteiger partial charge is 0.165 e. The minimum Gasteiger partial charge on any atom is -0.508 e. The number of phenols is 1. The molecule has 6 heteroatoms. The molecule has 0 bridgehead atoms. The summed E-state index contributed by atoms with van der Waals surface area (Å²) in [5.74, 6) is 1.52. The molecule has 2 aliphatic rings. The van der Waals surface area contributed by atoms with Gasteiger partial charge < -0.3 is 24.4 Å². The van der Waals surface area contributed by atoms with Gasteiger partial charge in [0.05, 0.1) is 7.11 Å². The van der Waals surface area contributed by atoms with Crippen LogP contribution in [0.5, 0.6) is 17.2 Å². The monoisotopic (exact) mass is 532 g/mol. The van der Waals surface area contributed by atoms with Gasteiger partial charge in [-0.15, -0.1) is 0 Å². The fourth-order valence-corrected chi connectivity index (χ4v) is 5.93. The zero-order valence-corrected chi connectivity index (χ0v) is 23.5. The summed E-state index contributed by atoms with van der Waals surface area (Å²) in [6, 6.07) is 18.1. The highest BCUT2D eigenvalue weighted by molar-refractivity contribution is 5.60. The number of benzene rings is 3. The molecule has 1 fully saturated rings. The normalized spacial score (nSPS) is 17.0. The van der Waals surface area contributed by atoms with Crippen LogP contribution in [-0.4, -0.2) is 49.9 Å². The van der Waals surface area contributed by atoms with E-state index < -0.39 is 0 Å². The van der Waals surface area contributed by atoms with E-state index in [9.17, 15) is 5.11 Å². The summed E-state index contributed by atoms with van der Waals surface area (Å²) in [4.78, 5) is 4.61. The molecule has 0 aromatic heterocycles. The van der Waals surface area contributed by atoms with Crippen LogP contribution in [0.4, 0.5) is 10.1 Å². The average molecular weight is 533 g/mol. The molecule has 5 nitrogen and oxygen atoms in total. The van der Waals surface area contributed by atoms with E-state index in [-0.39, 0.29) is 5.82 Å². The van der Waals surface area contributed by atoms with E-state index >= 15 is 4.39 Å². The Morgan fingerprint density at radius 3 is 2.56 bits per heavy atom. The predicted molar refractivity (Wildman–Crippen MR) is 155 cm³/mol. The Morgan fingerprint density at radius 2 is 1.85 bits per heavy atom. The van der Waals surface area contributed by atoms with Crippen molar-refractivity contribution >= 4 is 5.69 Å². The van der Waals surface area contributed by atoms with Crippen molar-refractivity contribution in [3.8, 4) is 17.2 Å². The lowest BCUT2D eigenvalue weighted by Gasteiger charge is -2.34. The lowest BCUT2D eigenvalue weighted by atomic mass is 9.79. The third kappa shape index (κ3) is 6.33. The zero-order valence-electron chi connectivity index (χ0n) is 23.5. The molecular formula is C33H41FN2O3. The number of aromatic hydroxyl groups is 1. The summed E-state index contributed by atoms with van der Waals surface area (Å²) in [7, 11) is 3.81. The van der Waals surface area contributed by atoms with Crippen molar-refractivity contribution in [2.45, 2.75) is 64.0 Å². The first-order chi connectivity index (χ1) is 18.9. The molecule has 1 N–H and O–H groups in total. The number of fused-ring (bicyclic) bond motifs is 1. The Balaban J connectivity index is 1.30. The van der Waals surface area contributed by atoms with Gasteiger partial charge in [0.2, 0.25) is 0 Å². The van der Waals surface area contributed by atoms with Gasteiger partial charge in [-0.2, -0.15) is 0 Å². The van der Waals surface area contributed by atoms with Crippen molar-refractivity contribution in [3.05, 3.63) is 82.7 Å². The van der Waals surface area contributed by atoms with Gasteiger partial charge in [0.25, 0.3) is 0 Å². The molecule has 0 heterocycles. The number of ether oxygens (including phenoxy) is 2. The summed E-state index contributed by atoms with van der Waals surface area (Å²) >= 11 is 0. The number of hydrogen-bond acceptors (Lipinski definition) is 5. The number of phenolic OH excluding ortho intramolecular Hbond substituents is 1. The molecule has 0 saturated heterocycles. The Labute approximate surface area is 232 Å². The largest absolute Gasteiger partial charge is 0.508 e. The maximum atomic E-state index is 15.0. The molecule has 1 atom stereocenters. The van der Waals surface area contributed by atoms with E-state index in [1.807, 2.05) is 18.2 Å². The second-order valence-electron chi connectivity index (χ2n) is 11.0. The second kappa shape index (κ2) is 12.3. The molecular weight excluding hydrogens is 491 g/mol. The number of methoxy groups -OCH3 is 1. The van der Waals surface area contributed by atoms with Crippen molar-refractivity contribution < 1.29 is 19.0 Å². The summed E-state index contributed by atoms with van der Waals surface area (Å²) in [6.07, 6.45) is 6.70. The summed E-state index contributed by atoms with van der Waals surface area (Å²) in [6.45, 7) is 4.80. The number of halogens is 1. The van der Waals surface area contributed by atoms with Gasteiger partial charge in [-0.05, 0) is 105 Å². The maximum absolute atomic E-state index is 15.0. The van der Waals surface area contributed by atoms with Gasteiger partial charge in [0.15, 0.2) is 11.6 Å². The Kier molecular flexibility index (Phi) is 8.61. The fourth-order valence-electron chi connectivity index (χ4n) is 5.93. The van der Waals surface area contributed by atoms with Crippen molar-refractivity contribution in [2.75, 3.05) is 38.8 Å². The Hall–Kier alpha value is -3.25. The second-order valence-corrected chi connectivity index (χ2v) is 11.0. The van der Waals surface area contributed by atoms with E-state index in [4.69, 9.17) is 9.47 Å². The van der Waals surface area contributed by atoms with Crippen LogP contribution in [0.3, 0.4) is 0 Å². The molecule has 3 aromatic rings. The lowest BCUT2D eigenvalue weighted by Crippen LogP contribution is -2.39. The molecule has 0 radical (unpaired) electrons. The highest BCUT2D eigenvalue weighted by Gasteiger charge is 2.25. The highest BCUT2D eigenvalue weighted by atomic mass is 19.1. The minimum absolute atomic E-state index is 0.312. The topological polar surface area (TPSA) is 45.2 Å². The maximum Gasteiger partial charge on any atom is 0.165 e. The third-order valence-corrected chi connectivity index (χ3v) is 8.59. The molecule has 3 aromatic carbocycles. The van der Waals surface area contributed by atoms with Crippen molar-refractivity contribution in [1.29, 1.82) is 0 Å². The molecule has 0 amide bonds. The van der Waals surface area contributed by atoms with Crippen LogP contribution in [0, 0.1) is 5.82 Å². The van der Waals surface area contributed by atoms with Gasteiger partial charge in [0.1, 0.15) is 18.1 Å². The van der Waals surface area contributed by atoms with Gasteiger partial charge in [-0.1, -0.05) is 24.6 Å². The SMILES string of the molecule is CCN(Cc1ccc(OCCN(C)C2CCC2)c(F)c1)c1cc(OC)ccc1[C@@H]1CCc2cc(O)ccc2C1. The quantitative estimate of drug-likeness (QED) is 0.298. The first-order valence-electron chi connectivity index (χ1n) is 14.3. The van der Waals surface area contributed by atoms with Crippen LogP contribution in [0.25, 0.3) is 0 Å². The molecule has 0 aliphatic heterocycles. The molecule has 5 rings (SSSR count). The number of anilines is 1. The zero-order chi connectivity index (χ0) is 27.4. The molecule has 2 aliphatic carbocycles. The molecule has 39 heavy (non-hydrogen) atoms. The van der Waals surface area contributed by atoms with Gasteiger partial charge in [-0.3, -0.25) is 0 Å². The van der Waals surface area contributed by atoms with E-state index in [2.05, 4.69) is 42.0 Å². The average Bonchev–Trinajstić information content (AvgIpc) is 2.91. The van der Waals surface area contributed by atoms with Crippen LogP contribution >= 0.6 is 0 Å². The minimum atomic E-state index is -0.312. The first-order valence-corrected chi connectivity index (χ1v) is 14.3. The van der Waals surface area contributed by atoms with Crippen molar-refractivity contribution in [3.63, 3.8) is 0 Å². The van der Waals surface area contributed by atoms with Crippen LogP contribution in [0.15, 0.2) is 54.6 Å². The van der Waals surface area contributed by atoms with E-state index in [1.165, 1.54) is 36.0 Å². The number of likely N-dealkylation sites (N-methyl/N-ethyl adjacent to an activating group) is 1. The number of aryl methyl sites for hydroxylation is 1. The summed E-state index contributed by atoms with van der Waals surface area (Å²) < 4.78 is 26.4.